The van der Waals surface area contributed by atoms with Gasteiger partial charge in [-0.1, -0.05) is 30.3 Å². The number of nitrogens with one attached hydrogen (secondary N) is 1. The molecular formula is C20H20BNO5. The molecule has 0 aromatic heterocycles. The SMILES string of the molecule is O=C(Cc1ccc2c(c1)CNC2)C[C@H]1Cc2cccc(C(=O)O)c2OB1O. The number of hydrogen-bond donors (Lipinski definition) is 3. The number of Topliss-reactive ketones (excluding diaryl/α,β-unsaturated/α-hetero) is 1. The van der Waals surface area contributed by atoms with Crippen LogP contribution in [0, 0.1) is 0 Å². The van der Waals surface area contributed by atoms with E-state index in [0.717, 1.165) is 18.7 Å². The number of ketones is 1. The molecule has 0 bridgehead atoms. The van der Waals surface area contributed by atoms with Gasteiger partial charge in [0.2, 0.25) is 0 Å². The van der Waals surface area contributed by atoms with Gasteiger partial charge in [-0.25, -0.2) is 4.79 Å². The lowest BCUT2D eigenvalue weighted by molar-refractivity contribution is -0.118. The number of aromatic carboxylic acids is 1. The number of carboxylic acid groups (broad SMARTS) is 1. The molecule has 0 saturated heterocycles. The predicted molar refractivity (Wildman–Crippen MR) is 99.8 cm³/mol. The van der Waals surface area contributed by atoms with E-state index >= 15 is 0 Å². The normalized spacial score (nSPS) is 17.8. The fourth-order valence-corrected chi connectivity index (χ4v) is 3.88. The Kier molecular flexibility index (Phi) is 4.72. The number of fused-ring (bicyclic) bond motifs is 2. The van der Waals surface area contributed by atoms with Crippen LogP contribution in [0.1, 0.15) is 39.0 Å². The predicted octanol–water partition coefficient (Wildman–Crippen LogP) is 1.98. The Balaban J connectivity index is 1.44. The van der Waals surface area contributed by atoms with Crippen LogP contribution in [0.15, 0.2) is 36.4 Å². The standard InChI is InChI=1S/C20H20BNO5/c23-17(7-12-4-5-14-10-22-11-15(14)6-12)9-16-8-13-2-1-3-18(20(24)25)19(13)27-21(16)26/h1-6,16,22,26H,7-11H2,(H,24,25)/t16-/m1/s1. The Labute approximate surface area is 157 Å². The van der Waals surface area contributed by atoms with E-state index in [-0.39, 0.29) is 29.3 Å². The molecule has 2 aromatic carbocycles. The first kappa shape index (κ1) is 17.8. The van der Waals surface area contributed by atoms with Crippen molar-refractivity contribution in [3.8, 4) is 5.75 Å². The van der Waals surface area contributed by atoms with Crippen molar-refractivity contribution in [2.75, 3.05) is 0 Å². The van der Waals surface area contributed by atoms with Crippen molar-refractivity contribution in [2.45, 2.75) is 38.2 Å². The molecule has 3 N–H and O–H groups in total. The second kappa shape index (κ2) is 7.17. The first-order valence-electron chi connectivity index (χ1n) is 9.04. The van der Waals surface area contributed by atoms with Crippen LogP contribution in [0.5, 0.6) is 5.75 Å². The molecule has 1 atom stereocenters. The van der Waals surface area contributed by atoms with E-state index < -0.39 is 13.1 Å². The van der Waals surface area contributed by atoms with E-state index in [4.69, 9.17) is 4.65 Å². The minimum atomic E-state index is -1.19. The highest BCUT2D eigenvalue weighted by Crippen LogP contribution is 2.36. The molecule has 2 heterocycles. The van der Waals surface area contributed by atoms with Gasteiger partial charge in [-0.05, 0) is 34.7 Å². The molecule has 2 aliphatic rings. The molecule has 0 amide bonds. The topological polar surface area (TPSA) is 95.9 Å². The minimum Gasteiger partial charge on any atom is -0.535 e. The van der Waals surface area contributed by atoms with E-state index in [1.807, 2.05) is 6.07 Å². The van der Waals surface area contributed by atoms with Gasteiger partial charge < -0.3 is 20.1 Å². The Morgan fingerprint density at radius 2 is 1.96 bits per heavy atom. The molecule has 6 nitrogen and oxygen atoms in total. The molecule has 7 heteroatoms. The van der Waals surface area contributed by atoms with Gasteiger partial charge in [0.15, 0.2) is 0 Å². The zero-order chi connectivity index (χ0) is 19.0. The van der Waals surface area contributed by atoms with Gasteiger partial charge in [0.05, 0.1) is 5.56 Å². The van der Waals surface area contributed by atoms with Crippen LogP contribution >= 0.6 is 0 Å². The van der Waals surface area contributed by atoms with E-state index in [9.17, 15) is 19.7 Å². The van der Waals surface area contributed by atoms with Crippen LogP contribution in [0.25, 0.3) is 0 Å². The van der Waals surface area contributed by atoms with E-state index in [2.05, 4.69) is 17.4 Å². The maximum atomic E-state index is 12.5. The summed E-state index contributed by atoms with van der Waals surface area (Å²) in [6.45, 7) is 1.70. The number of hydrogen-bond acceptors (Lipinski definition) is 5. The smallest absolute Gasteiger partial charge is 0.526 e. The maximum absolute atomic E-state index is 12.5. The van der Waals surface area contributed by atoms with Crippen molar-refractivity contribution < 1.29 is 24.4 Å². The molecule has 0 fully saturated rings. The third-order valence-electron chi connectivity index (χ3n) is 5.24. The maximum Gasteiger partial charge on any atom is 0.526 e. The molecule has 2 aromatic rings. The monoisotopic (exact) mass is 365 g/mol. The van der Waals surface area contributed by atoms with Crippen LogP contribution in [0.3, 0.4) is 0 Å². The van der Waals surface area contributed by atoms with Gasteiger partial charge in [-0.2, -0.15) is 0 Å². The Morgan fingerprint density at radius 1 is 1.15 bits per heavy atom. The molecule has 0 radical (unpaired) electrons. The highest BCUT2D eigenvalue weighted by atomic mass is 16.5. The first-order valence-corrected chi connectivity index (χ1v) is 9.04. The van der Waals surface area contributed by atoms with Gasteiger partial charge in [-0.3, -0.25) is 4.79 Å². The largest absolute Gasteiger partial charge is 0.535 e. The van der Waals surface area contributed by atoms with Gasteiger partial charge in [0.1, 0.15) is 11.5 Å². The van der Waals surface area contributed by atoms with Crippen molar-refractivity contribution in [1.29, 1.82) is 0 Å². The minimum absolute atomic E-state index is 0.0306. The Hall–Kier alpha value is -2.64. The lowest BCUT2D eigenvalue weighted by atomic mass is 9.64. The summed E-state index contributed by atoms with van der Waals surface area (Å²) in [6.07, 6.45) is 0.920. The molecule has 0 saturated carbocycles. The molecule has 138 valence electrons. The highest BCUT2D eigenvalue weighted by Gasteiger charge is 2.37. The number of benzene rings is 2. The van der Waals surface area contributed by atoms with Gasteiger partial charge in [0, 0.05) is 31.7 Å². The summed E-state index contributed by atoms with van der Waals surface area (Å²) in [5, 5.41) is 22.8. The summed E-state index contributed by atoms with van der Waals surface area (Å²) in [5.74, 6) is -1.25. The van der Waals surface area contributed by atoms with Gasteiger partial charge in [-0.15, -0.1) is 0 Å². The zero-order valence-corrected chi connectivity index (χ0v) is 14.8. The molecule has 0 unspecified atom stereocenters. The van der Waals surface area contributed by atoms with Crippen molar-refractivity contribution >= 4 is 18.9 Å². The van der Waals surface area contributed by atoms with Crippen LogP contribution in [0.2, 0.25) is 5.82 Å². The van der Waals surface area contributed by atoms with E-state index in [1.165, 1.54) is 17.2 Å². The summed E-state index contributed by atoms with van der Waals surface area (Å²) < 4.78 is 5.46. The molecule has 4 rings (SSSR count). The van der Waals surface area contributed by atoms with Crippen molar-refractivity contribution in [3.05, 3.63) is 64.2 Å². The second-order valence-corrected chi connectivity index (χ2v) is 7.20. The van der Waals surface area contributed by atoms with Crippen LogP contribution in [0.4, 0.5) is 0 Å². The lowest BCUT2D eigenvalue weighted by Crippen LogP contribution is -2.36. The van der Waals surface area contributed by atoms with Crippen LogP contribution in [-0.4, -0.2) is 29.0 Å². The number of carboxylic acids is 1. The average Bonchev–Trinajstić information content (AvgIpc) is 3.09. The van der Waals surface area contributed by atoms with Crippen molar-refractivity contribution in [3.63, 3.8) is 0 Å². The highest BCUT2D eigenvalue weighted by molar-refractivity contribution is 6.47. The zero-order valence-electron chi connectivity index (χ0n) is 14.8. The fraction of sp³-hybridized carbons (Fsp3) is 0.300. The number of para-hydroxylation sites is 1. The van der Waals surface area contributed by atoms with E-state index in [1.54, 1.807) is 12.1 Å². The number of rotatable bonds is 5. The Morgan fingerprint density at radius 3 is 2.78 bits per heavy atom. The van der Waals surface area contributed by atoms with Crippen LogP contribution < -0.4 is 9.97 Å². The average molecular weight is 365 g/mol. The summed E-state index contributed by atoms with van der Waals surface area (Å²) in [4.78, 5) is 23.8. The third kappa shape index (κ3) is 3.61. The quantitative estimate of drug-likeness (QED) is 0.702. The second-order valence-electron chi connectivity index (χ2n) is 7.20. The number of carbonyl (C=O) groups excluding carboxylic acids is 1. The van der Waals surface area contributed by atoms with Crippen LogP contribution in [-0.2, 0) is 30.7 Å². The van der Waals surface area contributed by atoms with E-state index in [0.29, 0.717) is 18.4 Å². The van der Waals surface area contributed by atoms with Gasteiger partial charge >= 0.3 is 13.1 Å². The molecular weight excluding hydrogens is 345 g/mol. The van der Waals surface area contributed by atoms with Crippen molar-refractivity contribution in [1.82, 2.24) is 5.32 Å². The summed E-state index contributed by atoms with van der Waals surface area (Å²) in [6, 6.07) is 11.0. The number of carbonyl (C=O) groups is 2. The fourth-order valence-electron chi connectivity index (χ4n) is 3.88. The molecule has 27 heavy (non-hydrogen) atoms. The van der Waals surface area contributed by atoms with Crippen molar-refractivity contribution in [2.24, 2.45) is 0 Å². The summed E-state index contributed by atoms with van der Waals surface area (Å²) in [5.41, 5.74) is 4.22. The molecule has 0 spiro atoms. The third-order valence-corrected chi connectivity index (χ3v) is 5.24. The van der Waals surface area contributed by atoms with Gasteiger partial charge in [0.25, 0.3) is 0 Å². The summed E-state index contributed by atoms with van der Waals surface area (Å²) in [7, 11) is -1.19. The Bertz CT molecular complexity index is 913. The molecule has 0 aliphatic carbocycles. The molecule has 2 aliphatic heterocycles. The first-order chi connectivity index (χ1) is 13.0. The lowest BCUT2D eigenvalue weighted by Gasteiger charge is -2.28. The summed E-state index contributed by atoms with van der Waals surface area (Å²) >= 11 is 0.